The van der Waals surface area contributed by atoms with Crippen molar-refractivity contribution in [2.75, 3.05) is 13.2 Å². The average Bonchev–Trinajstić information content (AvgIpc) is 2.58. The summed E-state index contributed by atoms with van der Waals surface area (Å²) < 4.78 is 0. The van der Waals surface area contributed by atoms with E-state index in [1.807, 2.05) is 12.1 Å². The van der Waals surface area contributed by atoms with Gasteiger partial charge in [-0.3, -0.25) is 9.78 Å². The fourth-order valence-electron chi connectivity index (χ4n) is 3.09. The number of pyridine rings is 1. The third-order valence-electron chi connectivity index (χ3n) is 4.25. The third kappa shape index (κ3) is 3.14. The van der Waals surface area contributed by atoms with Crippen molar-refractivity contribution in [1.82, 2.24) is 9.88 Å². The summed E-state index contributed by atoms with van der Waals surface area (Å²) in [5.41, 5.74) is 2.29. The molecule has 2 heterocycles. The van der Waals surface area contributed by atoms with Gasteiger partial charge < -0.3 is 15.1 Å². The lowest BCUT2D eigenvalue weighted by molar-refractivity contribution is -0.134. The number of nitrogens with zero attached hydrogens (tertiary/aromatic N) is 2. The van der Waals surface area contributed by atoms with Gasteiger partial charge in [0.1, 0.15) is 5.57 Å². The molecule has 2 aliphatic rings. The molecule has 1 aliphatic heterocycles. The minimum absolute atomic E-state index is 0.102. The number of carbonyl (C=O) groups is 2. The van der Waals surface area contributed by atoms with Gasteiger partial charge in [-0.1, -0.05) is 6.08 Å². The molecule has 6 nitrogen and oxygen atoms in total. The van der Waals surface area contributed by atoms with Crippen LogP contribution in [-0.4, -0.2) is 51.0 Å². The molecule has 1 aromatic rings. The Morgan fingerprint density at radius 3 is 2.75 bits per heavy atom. The van der Waals surface area contributed by atoms with E-state index in [2.05, 4.69) is 11.1 Å². The normalized spacial score (nSPS) is 20.0. The largest absolute Gasteiger partial charge is 0.477 e. The first-order valence-corrected chi connectivity index (χ1v) is 7.76. The van der Waals surface area contributed by atoms with Gasteiger partial charge in [-0.25, -0.2) is 4.79 Å². The Labute approximate surface area is 139 Å². The highest BCUT2D eigenvalue weighted by molar-refractivity contribution is 6.24. The fourth-order valence-corrected chi connectivity index (χ4v) is 3.09. The molecule has 0 amide bonds. The first-order valence-electron chi connectivity index (χ1n) is 7.76. The van der Waals surface area contributed by atoms with Gasteiger partial charge in [-0.05, 0) is 42.2 Å². The number of fused-ring (bicyclic) bond motifs is 1. The number of β-amino-alcohol motifs (C(OH)–C–C–N with tert-alkyl or cyclic N) is 1. The van der Waals surface area contributed by atoms with Crippen LogP contribution in [0.2, 0.25) is 0 Å². The zero-order chi connectivity index (χ0) is 17.1. The maximum atomic E-state index is 12.5. The molecule has 0 aromatic carbocycles. The van der Waals surface area contributed by atoms with Crippen molar-refractivity contribution in [1.29, 1.82) is 0 Å². The molecule has 0 radical (unpaired) electrons. The van der Waals surface area contributed by atoms with Crippen LogP contribution in [0.4, 0.5) is 0 Å². The van der Waals surface area contributed by atoms with Crippen molar-refractivity contribution < 1.29 is 19.8 Å². The monoisotopic (exact) mass is 326 g/mol. The average molecular weight is 326 g/mol. The molecule has 1 aromatic heterocycles. The molecule has 1 unspecified atom stereocenters. The zero-order valence-electron chi connectivity index (χ0n) is 13.1. The van der Waals surface area contributed by atoms with E-state index in [1.54, 1.807) is 23.4 Å². The summed E-state index contributed by atoms with van der Waals surface area (Å²) in [5, 5.41) is 18.5. The molecule has 0 fully saturated rings. The summed E-state index contributed by atoms with van der Waals surface area (Å²) in [6, 6.07) is 3.61. The second-order valence-electron chi connectivity index (χ2n) is 5.80. The lowest BCUT2D eigenvalue weighted by atomic mass is 9.84. The van der Waals surface area contributed by atoms with Crippen molar-refractivity contribution in [3.63, 3.8) is 0 Å². The van der Waals surface area contributed by atoms with Gasteiger partial charge in [0.15, 0.2) is 5.78 Å². The topological polar surface area (TPSA) is 90.7 Å². The molecular formula is C18H18N2O4. The Balaban J connectivity index is 1.90. The zero-order valence-corrected chi connectivity index (χ0v) is 13.1. The molecule has 0 spiro atoms. The van der Waals surface area contributed by atoms with Gasteiger partial charge in [0, 0.05) is 30.7 Å². The number of hydrogen-bond acceptors (Lipinski definition) is 5. The second kappa shape index (κ2) is 6.80. The van der Waals surface area contributed by atoms with Crippen LogP contribution < -0.4 is 0 Å². The van der Waals surface area contributed by atoms with Crippen molar-refractivity contribution in [3.8, 4) is 0 Å². The number of aliphatic hydroxyl groups is 1. The van der Waals surface area contributed by atoms with Crippen LogP contribution in [0.5, 0.6) is 0 Å². The molecule has 0 bridgehead atoms. The van der Waals surface area contributed by atoms with Crippen LogP contribution >= 0.6 is 0 Å². The number of Topliss-reactive ketones (excluding diaryl/α,β-unsaturated/α-hetero) is 1. The number of allylic oxidation sites excluding steroid dienone is 2. The Bertz CT molecular complexity index is 750. The fraction of sp³-hybridized carbons (Fsp3) is 0.278. The number of carboxylic acids is 1. The summed E-state index contributed by atoms with van der Waals surface area (Å²) in [5.74, 6) is -1.69. The number of ketones is 1. The van der Waals surface area contributed by atoms with E-state index in [0.29, 0.717) is 25.0 Å². The Morgan fingerprint density at radius 2 is 2.08 bits per heavy atom. The molecule has 2 N–H and O–H groups in total. The molecule has 6 heteroatoms. The van der Waals surface area contributed by atoms with Crippen LogP contribution in [0.1, 0.15) is 12.0 Å². The minimum atomic E-state index is -1.24. The van der Waals surface area contributed by atoms with Crippen LogP contribution in [0.15, 0.2) is 59.6 Å². The van der Waals surface area contributed by atoms with Crippen LogP contribution in [0.25, 0.3) is 0 Å². The van der Waals surface area contributed by atoms with Gasteiger partial charge in [0.2, 0.25) is 0 Å². The smallest absolute Gasteiger partial charge is 0.341 e. The summed E-state index contributed by atoms with van der Waals surface area (Å²) in [6.45, 7) is 0.189. The molecule has 124 valence electrons. The Kier molecular flexibility index (Phi) is 4.57. The lowest BCUT2D eigenvalue weighted by Crippen LogP contribution is -2.43. The molecule has 0 saturated carbocycles. The predicted molar refractivity (Wildman–Crippen MR) is 87.0 cm³/mol. The number of aliphatic hydroxyl groups excluding tert-OH is 1. The van der Waals surface area contributed by atoms with Gasteiger partial charge >= 0.3 is 5.97 Å². The molecule has 0 saturated heterocycles. The molecule has 1 atom stereocenters. The van der Waals surface area contributed by atoms with Crippen LogP contribution in [0.3, 0.4) is 0 Å². The number of aromatic nitrogens is 1. The van der Waals surface area contributed by atoms with Crippen molar-refractivity contribution in [3.05, 3.63) is 65.2 Å². The Morgan fingerprint density at radius 1 is 1.33 bits per heavy atom. The van der Waals surface area contributed by atoms with E-state index in [4.69, 9.17) is 0 Å². The highest BCUT2D eigenvalue weighted by Gasteiger charge is 2.36. The van der Waals surface area contributed by atoms with Gasteiger partial charge in [-0.2, -0.15) is 0 Å². The number of carbonyl (C=O) groups excluding carboxylic acids is 1. The quantitative estimate of drug-likeness (QED) is 0.787. The SMILES string of the molecule is O=C(O)C1=CN(CCO)C2CC=C(Cc3ccncc3)C=C2C1=O. The lowest BCUT2D eigenvalue weighted by Gasteiger charge is -2.37. The summed E-state index contributed by atoms with van der Waals surface area (Å²) in [6.07, 6.45) is 9.91. The first-order chi connectivity index (χ1) is 11.6. The number of aliphatic carboxylic acids is 1. The third-order valence-corrected chi connectivity index (χ3v) is 4.25. The highest BCUT2D eigenvalue weighted by atomic mass is 16.4. The van der Waals surface area contributed by atoms with E-state index in [-0.39, 0.29) is 18.2 Å². The number of carboxylic acid groups (broad SMARTS) is 1. The Hall–Kier alpha value is -2.73. The summed E-state index contributed by atoms with van der Waals surface area (Å²) in [4.78, 5) is 29.6. The summed E-state index contributed by atoms with van der Waals surface area (Å²) >= 11 is 0. The van der Waals surface area contributed by atoms with Crippen molar-refractivity contribution in [2.24, 2.45) is 0 Å². The molecular weight excluding hydrogens is 308 g/mol. The van der Waals surface area contributed by atoms with E-state index in [1.165, 1.54) is 6.20 Å². The predicted octanol–water partition coefficient (Wildman–Crippen LogP) is 1.09. The number of hydrogen-bond donors (Lipinski definition) is 2. The summed E-state index contributed by atoms with van der Waals surface area (Å²) in [7, 11) is 0. The molecule has 3 rings (SSSR count). The number of rotatable bonds is 5. The first kappa shape index (κ1) is 16.1. The van der Waals surface area contributed by atoms with Crippen LogP contribution in [0, 0.1) is 0 Å². The van der Waals surface area contributed by atoms with Gasteiger partial charge in [0.25, 0.3) is 0 Å². The maximum Gasteiger partial charge on any atom is 0.341 e. The van der Waals surface area contributed by atoms with Crippen molar-refractivity contribution in [2.45, 2.75) is 18.9 Å². The molecule has 24 heavy (non-hydrogen) atoms. The van der Waals surface area contributed by atoms with E-state index < -0.39 is 11.8 Å². The van der Waals surface area contributed by atoms with E-state index in [0.717, 1.165) is 11.1 Å². The second-order valence-corrected chi connectivity index (χ2v) is 5.80. The van der Waals surface area contributed by atoms with Crippen LogP contribution in [-0.2, 0) is 16.0 Å². The van der Waals surface area contributed by atoms with E-state index >= 15 is 0 Å². The van der Waals surface area contributed by atoms with Gasteiger partial charge in [0.05, 0.1) is 12.6 Å². The highest BCUT2D eigenvalue weighted by Crippen LogP contribution is 2.31. The standard InChI is InChI=1S/C18H18N2O4/c21-8-7-20-11-15(18(23)24)17(22)14-10-13(1-2-16(14)20)9-12-3-5-19-6-4-12/h1,3-6,10-11,16,21H,2,7-9H2,(H,23,24). The molecule has 1 aliphatic carbocycles. The van der Waals surface area contributed by atoms with Crippen molar-refractivity contribution >= 4 is 11.8 Å². The maximum absolute atomic E-state index is 12.5. The van der Waals surface area contributed by atoms with Gasteiger partial charge in [-0.15, -0.1) is 0 Å². The van der Waals surface area contributed by atoms with E-state index in [9.17, 15) is 19.8 Å². The minimum Gasteiger partial charge on any atom is -0.477 e.